The summed E-state index contributed by atoms with van der Waals surface area (Å²) in [6, 6.07) is 6.56. The second kappa shape index (κ2) is 2.79. The maximum atomic E-state index is 5.33. The van der Waals surface area contributed by atoms with E-state index in [1.165, 1.54) is 11.1 Å². The van der Waals surface area contributed by atoms with Crippen LogP contribution in [0.15, 0.2) is 42.5 Å². The third-order valence-electron chi connectivity index (χ3n) is 4.37. The summed E-state index contributed by atoms with van der Waals surface area (Å²) < 4.78 is 5.33. The van der Waals surface area contributed by atoms with Crippen molar-refractivity contribution in [3.63, 3.8) is 0 Å². The summed E-state index contributed by atoms with van der Waals surface area (Å²) in [6.07, 6.45) is 9.52. The van der Waals surface area contributed by atoms with Crippen LogP contribution in [0.3, 0.4) is 0 Å². The van der Waals surface area contributed by atoms with E-state index in [0.29, 0.717) is 11.8 Å². The highest BCUT2D eigenvalue weighted by atomic mass is 16.5. The van der Waals surface area contributed by atoms with Crippen LogP contribution in [0.1, 0.15) is 23.0 Å². The molecule has 1 nitrogen and oxygen atoms in total. The average molecular weight is 210 g/mol. The molecule has 0 heterocycles. The van der Waals surface area contributed by atoms with Gasteiger partial charge < -0.3 is 4.74 Å². The van der Waals surface area contributed by atoms with E-state index < -0.39 is 0 Å². The van der Waals surface area contributed by atoms with E-state index in [9.17, 15) is 0 Å². The van der Waals surface area contributed by atoms with Crippen molar-refractivity contribution in [2.75, 3.05) is 7.11 Å². The molecular formula is C15H14O. The molecule has 16 heavy (non-hydrogen) atoms. The number of allylic oxidation sites excluding steroid dienone is 4. The Balaban J connectivity index is 1.91. The van der Waals surface area contributed by atoms with Crippen LogP contribution < -0.4 is 4.74 Å². The van der Waals surface area contributed by atoms with Crippen molar-refractivity contribution in [2.45, 2.75) is 11.8 Å². The maximum absolute atomic E-state index is 5.33. The summed E-state index contributed by atoms with van der Waals surface area (Å²) in [4.78, 5) is 0. The van der Waals surface area contributed by atoms with E-state index >= 15 is 0 Å². The van der Waals surface area contributed by atoms with Crippen molar-refractivity contribution in [1.29, 1.82) is 0 Å². The number of rotatable bonds is 1. The molecule has 4 aliphatic rings. The number of benzene rings is 1. The Morgan fingerprint density at radius 3 is 2.19 bits per heavy atom. The normalized spacial score (nSPS) is 36.6. The van der Waals surface area contributed by atoms with Crippen molar-refractivity contribution >= 4 is 0 Å². The van der Waals surface area contributed by atoms with Gasteiger partial charge in [-0.1, -0.05) is 30.4 Å². The molecule has 1 heteroatoms. The number of ether oxygens (including phenoxy) is 1. The van der Waals surface area contributed by atoms with Gasteiger partial charge in [0.2, 0.25) is 0 Å². The summed E-state index contributed by atoms with van der Waals surface area (Å²) in [5.41, 5.74) is 3.00. The van der Waals surface area contributed by atoms with Gasteiger partial charge in [0.1, 0.15) is 5.75 Å². The molecule has 0 N–H and O–H groups in total. The molecular weight excluding hydrogens is 196 g/mol. The van der Waals surface area contributed by atoms with Crippen molar-refractivity contribution in [3.8, 4) is 5.75 Å². The highest BCUT2D eigenvalue weighted by Crippen LogP contribution is 2.56. The average Bonchev–Trinajstić information content (AvgIpc) is 2.29. The quantitative estimate of drug-likeness (QED) is 0.646. The first-order chi connectivity index (χ1) is 7.88. The lowest BCUT2D eigenvalue weighted by Gasteiger charge is -2.48. The van der Waals surface area contributed by atoms with Gasteiger partial charge in [-0.25, -0.2) is 0 Å². The van der Waals surface area contributed by atoms with Crippen molar-refractivity contribution in [2.24, 2.45) is 11.8 Å². The van der Waals surface area contributed by atoms with Gasteiger partial charge in [0, 0.05) is 11.8 Å². The van der Waals surface area contributed by atoms with Crippen LogP contribution in [0.2, 0.25) is 0 Å². The second-order valence-electron chi connectivity index (χ2n) is 4.97. The zero-order chi connectivity index (χ0) is 10.7. The Morgan fingerprint density at radius 1 is 0.875 bits per heavy atom. The fourth-order valence-corrected chi connectivity index (χ4v) is 3.48. The zero-order valence-corrected chi connectivity index (χ0v) is 9.26. The predicted molar refractivity (Wildman–Crippen MR) is 63.7 cm³/mol. The molecule has 0 spiro atoms. The summed E-state index contributed by atoms with van der Waals surface area (Å²) in [6.45, 7) is 0. The standard InChI is InChI=1S/C15H14O/c1-16-9-2-3-13-11-6-7-14(15(13)8-9)12-5-4-10(11)12/h2-8,10-12,14H,1H3/t10-,11-,12+,14+/m1/s1. The van der Waals surface area contributed by atoms with Crippen molar-refractivity contribution < 1.29 is 4.74 Å². The van der Waals surface area contributed by atoms with Gasteiger partial charge >= 0.3 is 0 Å². The third kappa shape index (κ3) is 0.874. The van der Waals surface area contributed by atoms with Gasteiger partial charge in [0.05, 0.1) is 7.11 Å². The Bertz CT molecular complexity index is 512. The minimum Gasteiger partial charge on any atom is -0.497 e. The Labute approximate surface area is 95.4 Å². The molecule has 4 aliphatic carbocycles. The van der Waals surface area contributed by atoms with E-state index in [1.807, 2.05) is 0 Å². The van der Waals surface area contributed by atoms with Gasteiger partial charge in [-0.05, 0) is 35.1 Å². The number of hydrogen-bond acceptors (Lipinski definition) is 1. The monoisotopic (exact) mass is 210 g/mol. The molecule has 4 atom stereocenters. The smallest absolute Gasteiger partial charge is 0.119 e. The molecule has 1 aromatic carbocycles. The largest absolute Gasteiger partial charge is 0.497 e. The molecule has 5 rings (SSSR count). The Kier molecular flexibility index (Phi) is 1.50. The van der Waals surface area contributed by atoms with E-state index in [2.05, 4.69) is 42.5 Å². The molecule has 0 aromatic heterocycles. The first kappa shape index (κ1) is 8.63. The van der Waals surface area contributed by atoms with Gasteiger partial charge in [-0.3, -0.25) is 0 Å². The molecule has 0 radical (unpaired) electrons. The number of hydrogen-bond donors (Lipinski definition) is 0. The van der Waals surface area contributed by atoms with E-state index in [1.54, 1.807) is 7.11 Å². The fourth-order valence-electron chi connectivity index (χ4n) is 3.48. The lowest BCUT2D eigenvalue weighted by atomic mass is 9.55. The second-order valence-corrected chi connectivity index (χ2v) is 4.97. The lowest BCUT2D eigenvalue weighted by molar-refractivity contribution is 0.315. The van der Waals surface area contributed by atoms with Gasteiger partial charge in [-0.15, -0.1) is 0 Å². The molecule has 1 aromatic rings. The van der Waals surface area contributed by atoms with Crippen molar-refractivity contribution in [3.05, 3.63) is 53.6 Å². The zero-order valence-electron chi connectivity index (χ0n) is 9.26. The SMILES string of the molecule is COc1ccc2c(c1)[C@H]1C=C[C@@H]2[C@H]2C=C[C@@H]21. The highest BCUT2D eigenvalue weighted by molar-refractivity contribution is 5.52. The van der Waals surface area contributed by atoms with Gasteiger partial charge in [-0.2, -0.15) is 0 Å². The summed E-state index contributed by atoms with van der Waals surface area (Å²) >= 11 is 0. The Morgan fingerprint density at radius 2 is 1.56 bits per heavy atom. The first-order valence-corrected chi connectivity index (χ1v) is 5.93. The molecule has 0 aliphatic heterocycles. The van der Waals surface area contributed by atoms with Crippen LogP contribution in [0.5, 0.6) is 5.75 Å². The van der Waals surface area contributed by atoms with E-state index in [-0.39, 0.29) is 0 Å². The topological polar surface area (TPSA) is 9.23 Å². The summed E-state index contributed by atoms with van der Waals surface area (Å²) in [5.74, 6) is 3.69. The molecule has 2 bridgehead atoms. The van der Waals surface area contributed by atoms with Crippen LogP contribution in [-0.2, 0) is 0 Å². The maximum Gasteiger partial charge on any atom is 0.119 e. The van der Waals surface area contributed by atoms with E-state index in [0.717, 1.165) is 17.6 Å². The van der Waals surface area contributed by atoms with Crippen LogP contribution in [-0.4, -0.2) is 7.11 Å². The molecule has 0 amide bonds. The fraction of sp³-hybridized carbons (Fsp3) is 0.333. The van der Waals surface area contributed by atoms with Crippen LogP contribution in [0.4, 0.5) is 0 Å². The minimum absolute atomic E-state index is 0.588. The van der Waals surface area contributed by atoms with Crippen molar-refractivity contribution in [1.82, 2.24) is 0 Å². The lowest BCUT2D eigenvalue weighted by Crippen LogP contribution is -2.37. The molecule has 0 fully saturated rings. The minimum atomic E-state index is 0.588. The van der Waals surface area contributed by atoms with Gasteiger partial charge in [0.25, 0.3) is 0 Å². The van der Waals surface area contributed by atoms with E-state index in [4.69, 9.17) is 4.74 Å². The summed E-state index contributed by atoms with van der Waals surface area (Å²) in [5, 5.41) is 0. The molecule has 80 valence electrons. The summed E-state index contributed by atoms with van der Waals surface area (Å²) in [7, 11) is 1.74. The third-order valence-corrected chi connectivity index (χ3v) is 4.37. The Hall–Kier alpha value is -1.50. The van der Waals surface area contributed by atoms with Crippen LogP contribution >= 0.6 is 0 Å². The molecule has 0 unspecified atom stereocenters. The van der Waals surface area contributed by atoms with Crippen LogP contribution in [0.25, 0.3) is 0 Å². The first-order valence-electron chi connectivity index (χ1n) is 5.93. The van der Waals surface area contributed by atoms with Gasteiger partial charge in [0.15, 0.2) is 0 Å². The highest BCUT2D eigenvalue weighted by Gasteiger charge is 2.45. The molecule has 0 saturated carbocycles. The predicted octanol–water partition coefficient (Wildman–Crippen LogP) is 3.25. The molecule has 0 saturated heterocycles. The number of methoxy groups -OCH3 is 1. The van der Waals surface area contributed by atoms with Crippen LogP contribution in [0, 0.1) is 11.8 Å².